The molecule has 21 heavy (non-hydrogen) atoms. The second-order valence-corrected chi connectivity index (χ2v) is 6.21. The van der Waals surface area contributed by atoms with Crippen LogP contribution >= 0.6 is 0 Å². The van der Waals surface area contributed by atoms with E-state index in [0.717, 1.165) is 30.2 Å². The Morgan fingerprint density at radius 2 is 1.81 bits per heavy atom. The first-order chi connectivity index (χ1) is 10.2. The van der Waals surface area contributed by atoms with Gasteiger partial charge < -0.3 is 5.32 Å². The molecule has 0 unspecified atom stereocenters. The standard InChI is InChI=1S/C18H23N3/c1-13(2)15-12-16(19-3)21-17(20-15)18(10-7-11-18)14-8-5-4-6-9-14/h4-6,8-9,12-13H,7,10-11H2,1-3H3,(H,19,20,21). The van der Waals surface area contributed by atoms with Crippen LogP contribution in [-0.2, 0) is 5.41 Å². The van der Waals surface area contributed by atoms with Gasteiger partial charge in [0.05, 0.1) is 5.41 Å². The van der Waals surface area contributed by atoms with E-state index in [1.54, 1.807) is 0 Å². The van der Waals surface area contributed by atoms with Crippen LogP contribution in [0, 0.1) is 0 Å². The van der Waals surface area contributed by atoms with Crippen molar-refractivity contribution in [3.05, 3.63) is 53.5 Å². The molecule has 1 aromatic carbocycles. The molecule has 1 aliphatic rings. The summed E-state index contributed by atoms with van der Waals surface area (Å²) in [5.74, 6) is 2.31. The van der Waals surface area contributed by atoms with Crippen LogP contribution in [-0.4, -0.2) is 17.0 Å². The summed E-state index contributed by atoms with van der Waals surface area (Å²) in [5, 5.41) is 3.18. The van der Waals surface area contributed by atoms with Gasteiger partial charge in [-0.25, -0.2) is 9.97 Å². The normalized spacial score (nSPS) is 16.6. The van der Waals surface area contributed by atoms with Crippen LogP contribution < -0.4 is 5.32 Å². The van der Waals surface area contributed by atoms with Crippen LogP contribution in [0.2, 0.25) is 0 Å². The maximum absolute atomic E-state index is 4.90. The Bertz CT molecular complexity index is 616. The molecule has 0 amide bonds. The van der Waals surface area contributed by atoms with Crippen LogP contribution in [0.3, 0.4) is 0 Å². The minimum absolute atomic E-state index is 0.0117. The first kappa shape index (κ1) is 14.1. The van der Waals surface area contributed by atoms with Crippen molar-refractivity contribution < 1.29 is 0 Å². The van der Waals surface area contributed by atoms with E-state index < -0.39 is 0 Å². The predicted molar refractivity (Wildman–Crippen MR) is 86.7 cm³/mol. The van der Waals surface area contributed by atoms with Crippen molar-refractivity contribution in [3.8, 4) is 0 Å². The van der Waals surface area contributed by atoms with E-state index in [1.807, 2.05) is 7.05 Å². The molecule has 1 heterocycles. The van der Waals surface area contributed by atoms with E-state index in [1.165, 1.54) is 12.0 Å². The van der Waals surface area contributed by atoms with Gasteiger partial charge in [-0.3, -0.25) is 0 Å². The molecule has 1 fully saturated rings. The van der Waals surface area contributed by atoms with Crippen molar-refractivity contribution in [3.63, 3.8) is 0 Å². The lowest BCUT2D eigenvalue weighted by atomic mass is 9.64. The maximum atomic E-state index is 4.90. The Kier molecular flexibility index (Phi) is 3.66. The molecule has 110 valence electrons. The lowest BCUT2D eigenvalue weighted by Crippen LogP contribution is -2.37. The summed E-state index contributed by atoms with van der Waals surface area (Å²) in [6, 6.07) is 12.8. The third-order valence-corrected chi connectivity index (χ3v) is 4.56. The van der Waals surface area contributed by atoms with Crippen LogP contribution in [0.5, 0.6) is 0 Å². The number of hydrogen-bond donors (Lipinski definition) is 1. The van der Waals surface area contributed by atoms with E-state index in [0.29, 0.717) is 5.92 Å². The minimum atomic E-state index is 0.0117. The molecule has 3 nitrogen and oxygen atoms in total. The zero-order chi connectivity index (χ0) is 14.9. The van der Waals surface area contributed by atoms with Crippen molar-refractivity contribution in [2.24, 2.45) is 0 Å². The topological polar surface area (TPSA) is 37.8 Å². The summed E-state index contributed by atoms with van der Waals surface area (Å²) >= 11 is 0. The summed E-state index contributed by atoms with van der Waals surface area (Å²) in [6.07, 6.45) is 3.53. The van der Waals surface area contributed by atoms with E-state index in [9.17, 15) is 0 Å². The molecular weight excluding hydrogens is 258 g/mol. The number of benzene rings is 1. The molecule has 3 rings (SSSR count). The van der Waals surface area contributed by atoms with Gasteiger partial charge >= 0.3 is 0 Å². The molecular formula is C18H23N3. The molecule has 0 radical (unpaired) electrons. The summed E-state index contributed by atoms with van der Waals surface area (Å²) in [6.45, 7) is 4.36. The summed E-state index contributed by atoms with van der Waals surface area (Å²) in [7, 11) is 1.92. The smallest absolute Gasteiger partial charge is 0.141 e. The van der Waals surface area contributed by atoms with E-state index >= 15 is 0 Å². The third kappa shape index (κ3) is 2.41. The van der Waals surface area contributed by atoms with E-state index in [4.69, 9.17) is 9.97 Å². The average molecular weight is 281 g/mol. The lowest BCUT2D eigenvalue weighted by Gasteiger charge is -2.41. The fourth-order valence-electron chi connectivity index (χ4n) is 3.03. The molecule has 0 spiro atoms. The number of hydrogen-bond acceptors (Lipinski definition) is 3. The van der Waals surface area contributed by atoms with Crippen LogP contribution in [0.1, 0.15) is 56.1 Å². The second kappa shape index (κ2) is 5.47. The quantitative estimate of drug-likeness (QED) is 0.916. The minimum Gasteiger partial charge on any atom is -0.373 e. The Morgan fingerprint density at radius 3 is 2.33 bits per heavy atom. The molecule has 0 saturated heterocycles. The van der Waals surface area contributed by atoms with Crippen LogP contribution in [0.4, 0.5) is 5.82 Å². The highest BCUT2D eigenvalue weighted by molar-refractivity contribution is 5.42. The number of nitrogens with zero attached hydrogens (tertiary/aromatic N) is 2. The number of nitrogens with one attached hydrogen (secondary N) is 1. The SMILES string of the molecule is CNc1cc(C(C)C)nc(C2(c3ccccc3)CCC2)n1. The highest BCUT2D eigenvalue weighted by atomic mass is 15.0. The van der Waals surface area contributed by atoms with Gasteiger partial charge in [-0.1, -0.05) is 50.6 Å². The molecule has 2 aromatic rings. The second-order valence-electron chi connectivity index (χ2n) is 6.21. The van der Waals surface area contributed by atoms with E-state index in [2.05, 4.69) is 55.6 Å². The number of rotatable bonds is 4. The zero-order valence-electron chi connectivity index (χ0n) is 13.1. The largest absolute Gasteiger partial charge is 0.373 e. The molecule has 1 N–H and O–H groups in total. The third-order valence-electron chi connectivity index (χ3n) is 4.56. The van der Waals surface area contributed by atoms with Gasteiger partial charge in [-0.05, 0) is 24.3 Å². The molecule has 1 saturated carbocycles. The predicted octanol–water partition coefficient (Wildman–Crippen LogP) is 4.11. The maximum Gasteiger partial charge on any atom is 0.141 e. The Labute approximate surface area is 126 Å². The summed E-state index contributed by atoms with van der Waals surface area (Å²) < 4.78 is 0. The molecule has 0 bridgehead atoms. The highest BCUT2D eigenvalue weighted by Crippen LogP contribution is 2.47. The number of aromatic nitrogens is 2. The van der Waals surface area contributed by atoms with Gasteiger partial charge in [0.1, 0.15) is 11.6 Å². The monoisotopic (exact) mass is 281 g/mol. The summed E-state index contributed by atoms with van der Waals surface area (Å²) in [5.41, 5.74) is 2.48. The van der Waals surface area contributed by atoms with Gasteiger partial charge in [0.25, 0.3) is 0 Å². The van der Waals surface area contributed by atoms with Gasteiger partial charge in [0, 0.05) is 18.8 Å². The van der Waals surface area contributed by atoms with Crippen LogP contribution in [0.15, 0.2) is 36.4 Å². The molecule has 0 aliphatic heterocycles. The average Bonchev–Trinajstić information content (AvgIpc) is 2.47. The van der Waals surface area contributed by atoms with E-state index in [-0.39, 0.29) is 5.41 Å². The van der Waals surface area contributed by atoms with Crippen molar-refractivity contribution in [2.45, 2.75) is 44.4 Å². The van der Waals surface area contributed by atoms with Crippen molar-refractivity contribution in [2.75, 3.05) is 12.4 Å². The fourth-order valence-corrected chi connectivity index (χ4v) is 3.03. The van der Waals surface area contributed by atoms with Gasteiger partial charge in [0.2, 0.25) is 0 Å². The van der Waals surface area contributed by atoms with Gasteiger partial charge in [-0.15, -0.1) is 0 Å². The molecule has 1 aromatic heterocycles. The van der Waals surface area contributed by atoms with Crippen molar-refractivity contribution in [1.82, 2.24) is 9.97 Å². The van der Waals surface area contributed by atoms with Crippen LogP contribution in [0.25, 0.3) is 0 Å². The summed E-state index contributed by atoms with van der Waals surface area (Å²) in [4.78, 5) is 9.68. The number of anilines is 1. The Morgan fingerprint density at radius 1 is 1.10 bits per heavy atom. The molecule has 3 heteroatoms. The fraction of sp³-hybridized carbons (Fsp3) is 0.444. The molecule has 1 aliphatic carbocycles. The van der Waals surface area contributed by atoms with Crippen molar-refractivity contribution in [1.29, 1.82) is 0 Å². The molecule has 0 atom stereocenters. The lowest BCUT2D eigenvalue weighted by molar-refractivity contribution is 0.284. The Hall–Kier alpha value is -1.90. The van der Waals surface area contributed by atoms with Crippen molar-refractivity contribution >= 4 is 5.82 Å². The zero-order valence-corrected chi connectivity index (χ0v) is 13.1. The van der Waals surface area contributed by atoms with Gasteiger partial charge in [-0.2, -0.15) is 0 Å². The highest BCUT2D eigenvalue weighted by Gasteiger charge is 2.43. The van der Waals surface area contributed by atoms with Gasteiger partial charge in [0.15, 0.2) is 0 Å². The first-order valence-electron chi connectivity index (χ1n) is 7.78. The Balaban J connectivity index is 2.11. The first-order valence-corrected chi connectivity index (χ1v) is 7.78.